The SMILES string of the molecule is O=C(O)[C@H](Cc1ccccc1Br)N1CC(CS(=O)(=O)F)CC1=O. The average molecular weight is 408 g/mol. The highest BCUT2D eigenvalue weighted by Gasteiger charge is 2.39. The van der Waals surface area contributed by atoms with Crippen LogP contribution in [0.3, 0.4) is 0 Å². The van der Waals surface area contributed by atoms with Crippen molar-refractivity contribution in [3.05, 3.63) is 34.3 Å². The zero-order valence-corrected chi connectivity index (χ0v) is 14.4. The van der Waals surface area contributed by atoms with Gasteiger partial charge in [-0.2, -0.15) is 8.42 Å². The van der Waals surface area contributed by atoms with E-state index in [4.69, 9.17) is 0 Å². The number of hydrogen-bond donors (Lipinski definition) is 1. The van der Waals surface area contributed by atoms with E-state index in [0.717, 1.165) is 9.37 Å². The van der Waals surface area contributed by atoms with Gasteiger partial charge < -0.3 is 10.0 Å². The summed E-state index contributed by atoms with van der Waals surface area (Å²) in [6, 6.07) is 5.92. The maximum absolute atomic E-state index is 12.8. The highest BCUT2D eigenvalue weighted by atomic mass is 79.9. The number of carbonyl (C=O) groups is 2. The molecule has 1 saturated heterocycles. The summed E-state index contributed by atoms with van der Waals surface area (Å²) in [6.07, 6.45) is -0.0829. The summed E-state index contributed by atoms with van der Waals surface area (Å²) in [5.74, 6) is -3.15. The molecule has 1 heterocycles. The molecule has 1 aromatic rings. The molecule has 0 bridgehead atoms. The number of rotatable bonds is 6. The summed E-state index contributed by atoms with van der Waals surface area (Å²) in [4.78, 5) is 24.7. The summed E-state index contributed by atoms with van der Waals surface area (Å²) in [6.45, 7) is -0.0800. The molecule has 0 radical (unpaired) electrons. The molecule has 1 amide bonds. The quantitative estimate of drug-likeness (QED) is 0.722. The zero-order chi connectivity index (χ0) is 17.2. The van der Waals surface area contributed by atoms with Crippen LogP contribution >= 0.6 is 15.9 Å². The second kappa shape index (κ2) is 6.96. The second-order valence-corrected chi connectivity index (χ2v) is 7.74. The first-order valence-electron chi connectivity index (χ1n) is 6.85. The van der Waals surface area contributed by atoms with E-state index in [1.165, 1.54) is 0 Å². The normalized spacial score (nSPS) is 19.8. The van der Waals surface area contributed by atoms with Crippen molar-refractivity contribution in [3.8, 4) is 0 Å². The van der Waals surface area contributed by atoms with Crippen LogP contribution in [0.5, 0.6) is 0 Å². The minimum absolute atomic E-state index is 0.0800. The molecular weight excluding hydrogens is 393 g/mol. The third-order valence-corrected chi connectivity index (χ3v) is 5.35. The van der Waals surface area contributed by atoms with Gasteiger partial charge in [-0.3, -0.25) is 4.79 Å². The van der Waals surface area contributed by atoms with Gasteiger partial charge in [0.05, 0.1) is 5.75 Å². The van der Waals surface area contributed by atoms with Crippen LogP contribution in [0.15, 0.2) is 28.7 Å². The number of amides is 1. The van der Waals surface area contributed by atoms with E-state index in [9.17, 15) is 27.0 Å². The first-order chi connectivity index (χ1) is 10.7. The first kappa shape index (κ1) is 17.9. The number of benzene rings is 1. The van der Waals surface area contributed by atoms with Crippen LogP contribution in [-0.2, 0) is 26.2 Å². The van der Waals surface area contributed by atoms with E-state index in [2.05, 4.69) is 15.9 Å². The molecule has 1 N–H and O–H groups in total. The maximum atomic E-state index is 12.8. The van der Waals surface area contributed by atoms with Crippen molar-refractivity contribution in [2.24, 2.45) is 5.92 Å². The zero-order valence-electron chi connectivity index (χ0n) is 12.0. The number of likely N-dealkylation sites (tertiary alicyclic amines) is 1. The topological polar surface area (TPSA) is 91.8 Å². The Morgan fingerprint density at radius 2 is 2.09 bits per heavy atom. The second-order valence-electron chi connectivity index (χ2n) is 5.47. The molecular formula is C14H15BrFNO5S. The van der Waals surface area contributed by atoms with Crippen molar-refractivity contribution in [1.82, 2.24) is 4.90 Å². The minimum atomic E-state index is -4.70. The Morgan fingerprint density at radius 3 is 2.65 bits per heavy atom. The number of nitrogens with zero attached hydrogens (tertiary/aromatic N) is 1. The fourth-order valence-corrected chi connectivity index (χ4v) is 3.94. The monoisotopic (exact) mass is 407 g/mol. The van der Waals surface area contributed by atoms with Crippen molar-refractivity contribution in [2.45, 2.75) is 18.9 Å². The number of carboxylic acid groups (broad SMARTS) is 1. The molecule has 0 saturated carbocycles. The fraction of sp³-hybridized carbons (Fsp3) is 0.429. The Bertz CT molecular complexity index is 724. The van der Waals surface area contributed by atoms with Crippen molar-refractivity contribution < 1.29 is 27.0 Å². The minimum Gasteiger partial charge on any atom is -0.480 e. The van der Waals surface area contributed by atoms with E-state index >= 15 is 0 Å². The lowest BCUT2D eigenvalue weighted by Crippen LogP contribution is -2.44. The van der Waals surface area contributed by atoms with E-state index in [-0.39, 0.29) is 19.4 Å². The number of hydrogen-bond acceptors (Lipinski definition) is 4. The molecule has 0 aliphatic carbocycles. The van der Waals surface area contributed by atoms with Gasteiger partial charge >= 0.3 is 16.2 Å². The van der Waals surface area contributed by atoms with Crippen molar-refractivity contribution >= 4 is 38.0 Å². The van der Waals surface area contributed by atoms with Gasteiger partial charge in [-0.25, -0.2) is 4.79 Å². The van der Waals surface area contributed by atoms with Crippen LogP contribution < -0.4 is 0 Å². The van der Waals surface area contributed by atoms with Crippen LogP contribution in [-0.4, -0.2) is 48.6 Å². The molecule has 1 fully saturated rings. The fourth-order valence-electron chi connectivity index (χ4n) is 2.71. The average Bonchev–Trinajstić information content (AvgIpc) is 2.75. The molecule has 1 unspecified atom stereocenters. The molecule has 0 aromatic heterocycles. The highest BCUT2D eigenvalue weighted by molar-refractivity contribution is 9.10. The number of halogens is 2. The molecule has 9 heteroatoms. The van der Waals surface area contributed by atoms with Gasteiger partial charge in [0.2, 0.25) is 5.91 Å². The molecule has 2 rings (SSSR count). The van der Waals surface area contributed by atoms with E-state index in [1.54, 1.807) is 24.3 Å². The predicted molar refractivity (Wildman–Crippen MR) is 84.0 cm³/mol. The van der Waals surface area contributed by atoms with Crippen LogP contribution in [0.4, 0.5) is 3.89 Å². The lowest BCUT2D eigenvalue weighted by Gasteiger charge is -2.25. The smallest absolute Gasteiger partial charge is 0.326 e. The number of carbonyl (C=O) groups excluding carboxylic acids is 1. The van der Waals surface area contributed by atoms with Crippen molar-refractivity contribution in [2.75, 3.05) is 12.3 Å². The highest BCUT2D eigenvalue weighted by Crippen LogP contribution is 2.26. The molecule has 0 spiro atoms. The van der Waals surface area contributed by atoms with Crippen LogP contribution in [0.1, 0.15) is 12.0 Å². The Labute approximate surface area is 141 Å². The van der Waals surface area contributed by atoms with Gasteiger partial charge in [-0.1, -0.05) is 34.1 Å². The lowest BCUT2D eigenvalue weighted by molar-refractivity contribution is -0.148. The van der Waals surface area contributed by atoms with Crippen LogP contribution in [0, 0.1) is 5.92 Å². The van der Waals surface area contributed by atoms with Crippen LogP contribution in [0.2, 0.25) is 0 Å². The van der Waals surface area contributed by atoms with Gasteiger partial charge in [0, 0.05) is 29.8 Å². The summed E-state index contributed by atoms with van der Waals surface area (Å²) in [5, 5.41) is 9.42. The molecule has 1 aliphatic rings. The van der Waals surface area contributed by atoms with Crippen LogP contribution in [0.25, 0.3) is 0 Å². The van der Waals surface area contributed by atoms with E-state index in [1.807, 2.05) is 0 Å². The summed E-state index contributed by atoms with van der Waals surface area (Å²) in [7, 11) is -4.70. The predicted octanol–water partition coefficient (Wildman–Crippen LogP) is 1.59. The van der Waals surface area contributed by atoms with Gasteiger partial charge in [0.15, 0.2) is 0 Å². The van der Waals surface area contributed by atoms with Gasteiger partial charge in [0.1, 0.15) is 6.04 Å². The Hall–Kier alpha value is -1.48. The number of carboxylic acids is 1. The Balaban J connectivity index is 2.17. The first-order valence-corrected chi connectivity index (χ1v) is 9.20. The molecule has 1 aliphatic heterocycles. The third-order valence-electron chi connectivity index (χ3n) is 3.71. The molecule has 23 heavy (non-hydrogen) atoms. The standard InChI is InChI=1S/C14H15BrFNO5S/c15-11-4-2-1-3-10(11)6-12(14(19)20)17-7-9(5-13(17)18)8-23(16,21)22/h1-4,9,12H,5-8H2,(H,19,20)/t9?,12-/m0/s1. The van der Waals surface area contributed by atoms with Gasteiger partial charge in [-0.15, -0.1) is 3.89 Å². The van der Waals surface area contributed by atoms with Crippen molar-refractivity contribution in [3.63, 3.8) is 0 Å². The third kappa shape index (κ3) is 4.74. The molecule has 1 aromatic carbocycles. The Kier molecular flexibility index (Phi) is 5.41. The molecule has 126 valence electrons. The van der Waals surface area contributed by atoms with Gasteiger partial charge in [-0.05, 0) is 11.6 Å². The Morgan fingerprint density at radius 1 is 1.43 bits per heavy atom. The molecule has 6 nitrogen and oxygen atoms in total. The molecule has 2 atom stereocenters. The lowest BCUT2D eigenvalue weighted by atomic mass is 10.0. The summed E-state index contributed by atoms with van der Waals surface area (Å²) >= 11 is 3.32. The summed E-state index contributed by atoms with van der Waals surface area (Å²) in [5.41, 5.74) is 0.717. The van der Waals surface area contributed by atoms with Crippen molar-refractivity contribution in [1.29, 1.82) is 0 Å². The number of aliphatic carboxylic acids is 1. The largest absolute Gasteiger partial charge is 0.480 e. The van der Waals surface area contributed by atoms with Gasteiger partial charge in [0.25, 0.3) is 0 Å². The maximum Gasteiger partial charge on any atom is 0.326 e. The summed E-state index contributed by atoms with van der Waals surface area (Å²) < 4.78 is 34.9. The van der Waals surface area contributed by atoms with E-state index in [0.29, 0.717) is 5.56 Å². The van der Waals surface area contributed by atoms with E-state index < -0.39 is 39.8 Å².